The van der Waals surface area contributed by atoms with Gasteiger partial charge in [-0.25, -0.2) is 9.97 Å². The third-order valence-corrected chi connectivity index (χ3v) is 3.29. The van der Waals surface area contributed by atoms with Crippen molar-refractivity contribution < 1.29 is 0 Å². The maximum absolute atomic E-state index is 5.81. The van der Waals surface area contributed by atoms with Crippen LogP contribution < -0.4 is 5.32 Å². The first-order valence-corrected chi connectivity index (χ1v) is 5.87. The number of nitrogens with one attached hydrogen (secondary N) is 1. The van der Waals surface area contributed by atoms with Gasteiger partial charge in [-0.05, 0) is 18.8 Å². The molecule has 1 aliphatic carbocycles. The molecule has 0 saturated heterocycles. The normalized spacial score (nSPS) is 26.3. The van der Waals surface area contributed by atoms with Crippen molar-refractivity contribution in [2.24, 2.45) is 5.92 Å². The van der Waals surface area contributed by atoms with Crippen molar-refractivity contribution in [1.29, 1.82) is 0 Å². The number of halogens is 1. The predicted octanol–water partition coefficient (Wildman–Crippen LogP) is 3.12. The smallest absolute Gasteiger partial charge is 0.134 e. The number of hydrogen-bond acceptors (Lipinski definition) is 3. The molecule has 1 heterocycles. The molecular formula is C11H16ClN3. The van der Waals surface area contributed by atoms with Crippen molar-refractivity contribution in [2.45, 2.75) is 38.6 Å². The second kappa shape index (κ2) is 4.79. The fourth-order valence-electron chi connectivity index (χ4n) is 2.13. The van der Waals surface area contributed by atoms with Crippen molar-refractivity contribution in [3.63, 3.8) is 0 Å². The second-order valence-electron chi connectivity index (χ2n) is 4.24. The molecule has 1 aromatic rings. The molecule has 0 unspecified atom stereocenters. The van der Waals surface area contributed by atoms with Crippen LogP contribution in [0.3, 0.4) is 0 Å². The highest BCUT2D eigenvalue weighted by Gasteiger charge is 2.21. The van der Waals surface area contributed by atoms with E-state index in [1.165, 1.54) is 32.0 Å². The van der Waals surface area contributed by atoms with Crippen LogP contribution in [0, 0.1) is 5.92 Å². The van der Waals surface area contributed by atoms with Crippen molar-refractivity contribution in [1.82, 2.24) is 9.97 Å². The van der Waals surface area contributed by atoms with Crippen molar-refractivity contribution in [2.75, 3.05) is 5.32 Å². The van der Waals surface area contributed by atoms with Crippen LogP contribution in [0.2, 0.25) is 5.15 Å². The third-order valence-electron chi connectivity index (χ3n) is 3.08. The Hall–Kier alpha value is -0.830. The van der Waals surface area contributed by atoms with Crippen LogP contribution in [0.5, 0.6) is 0 Å². The summed E-state index contributed by atoms with van der Waals surface area (Å²) in [7, 11) is 0. The summed E-state index contributed by atoms with van der Waals surface area (Å²) in [6.45, 7) is 2.29. The highest BCUT2D eigenvalue weighted by Crippen LogP contribution is 2.26. The Morgan fingerprint density at radius 1 is 1.33 bits per heavy atom. The number of hydrogen-bond donors (Lipinski definition) is 1. The zero-order valence-electron chi connectivity index (χ0n) is 8.91. The highest BCUT2D eigenvalue weighted by atomic mass is 35.5. The van der Waals surface area contributed by atoms with Crippen LogP contribution in [-0.4, -0.2) is 16.0 Å². The van der Waals surface area contributed by atoms with Gasteiger partial charge in [-0.1, -0.05) is 31.4 Å². The molecule has 1 aliphatic rings. The SMILES string of the molecule is C[C@@H]1CCCC[C@@H]1Nc1cc(Cl)ncn1. The van der Waals surface area contributed by atoms with Gasteiger partial charge in [-0.15, -0.1) is 0 Å². The summed E-state index contributed by atoms with van der Waals surface area (Å²) in [5.74, 6) is 1.56. The minimum absolute atomic E-state index is 0.496. The maximum atomic E-state index is 5.81. The lowest BCUT2D eigenvalue weighted by atomic mass is 9.86. The first-order chi connectivity index (χ1) is 7.25. The Balaban J connectivity index is 2.01. The standard InChI is InChI=1S/C11H16ClN3/c1-8-4-2-3-5-9(8)15-11-6-10(12)13-7-14-11/h6-9H,2-5H2,1H3,(H,13,14,15)/t8-,9+/m1/s1. The molecule has 0 aromatic carbocycles. The van der Waals surface area contributed by atoms with Crippen LogP contribution >= 0.6 is 11.6 Å². The van der Waals surface area contributed by atoms with Crippen molar-refractivity contribution >= 4 is 17.4 Å². The van der Waals surface area contributed by atoms with Crippen molar-refractivity contribution in [3.05, 3.63) is 17.5 Å². The fourth-order valence-corrected chi connectivity index (χ4v) is 2.28. The largest absolute Gasteiger partial charge is 0.367 e. The van der Waals surface area contributed by atoms with Crippen LogP contribution in [0.4, 0.5) is 5.82 Å². The third kappa shape index (κ3) is 2.81. The van der Waals surface area contributed by atoms with E-state index in [1.807, 2.05) is 0 Å². The monoisotopic (exact) mass is 225 g/mol. The van der Waals surface area contributed by atoms with Crippen LogP contribution in [0.1, 0.15) is 32.6 Å². The van der Waals surface area contributed by atoms with E-state index in [0.29, 0.717) is 17.1 Å². The Labute approximate surface area is 95.3 Å². The molecule has 82 valence electrons. The topological polar surface area (TPSA) is 37.8 Å². The average Bonchev–Trinajstić information content (AvgIpc) is 2.22. The summed E-state index contributed by atoms with van der Waals surface area (Å²) in [4.78, 5) is 8.03. The lowest BCUT2D eigenvalue weighted by molar-refractivity contribution is 0.349. The lowest BCUT2D eigenvalue weighted by Crippen LogP contribution is -2.30. The summed E-state index contributed by atoms with van der Waals surface area (Å²) in [5.41, 5.74) is 0. The molecule has 0 aliphatic heterocycles. The van der Waals surface area contributed by atoms with E-state index in [1.54, 1.807) is 6.07 Å². The summed E-state index contributed by atoms with van der Waals surface area (Å²) < 4.78 is 0. The van der Waals surface area contributed by atoms with Gasteiger partial charge in [0.05, 0.1) is 0 Å². The van der Waals surface area contributed by atoms with E-state index in [9.17, 15) is 0 Å². The van der Waals surface area contributed by atoms with E-state index in [0.717, 1.165) is 5.82 Å². The van der Waals surface area contributed by atoms with Gasteiger partial charge in [0.25, 0.3) is 0 Å². The lowest BCUT2D eigenvalue weighted by Gasteiger charge is -2.29. The van der Waals surface area contributed by atoms with Crippen LogP contribution in [-0.2, 0) is 0 Å². The van der Waals surface area contributed by atoms with E-state index in [-0.39, 0.29) is 0 Å². The first kappa shape index (κ1) is 10.7. The molecule has 1 fully saturated rings. The van der Waals surface area contributed by atoms with Gasteiger partial charge in [-0.2, -0.15) is 0 Å². The number of nitrogens with zero attached hydrogens (tertiary/aromatic N) is 2. The zero-order valence-corrected chi connectivity index (χ0v) is 9.67. The molecule has 0 spiro atoms. The van der Waals surface area contributed by atoms with Gasteiger partial charge in [0.1, 0.15) is 17.3 Å². The molecule has 0 radical (unpaired) electrons. The first-order valence-electron chi connectivity index (χ1n) is 5.50. The number of anilines is 1. The number of rotatable bonds is 2. The van der Waals surface area contributed by atoms with Gasteiger partial charge in [0, 0.05) is 12.1 Å². The Morgan fingerprint density at radius 2 is 2.13 bits per heavy atom. The molecule has 1 N–H and O–H groups in total. The van der Waals surface area contributed by atoms with Gasteiger partial charge < -0.3 is 5.32 Å². The minimum Gasteiger partial charge on any atom is -0.367 e. The van der Waals surface area contributed by atoms with E-state index >= 15 is 0 Å². The molecule has 0 amide bonds. The quantitative estimate of drug-likeness (QED) is 0.786. The van der Waals surface area contributed by atoms with E-state index in [4.69, 9.17) is 11.6 Å². The van der Waals surface area contributed by atoms with Crippen LogP contribution in [0.15, 0.2) is 12.4 Å². The Kier molecular flexibility index (Phi) is 3.41. The van der Waals surface area contributed by atoms with Gasteiger partial charge in [0.2, 0.25) is 0 Å². The molecule has 0 bridgehead atoms. The summed E-state index contributed by atoms with van der Waals surface area (Å²) in [5, 5.41) is 3.93. The Morgan fingerprint density at radius 3 is 2.87 bits per heavy atom. The van der Waals surface area contributed by atoms with E-state index in [2.05, 4.69) is 22.2 Å². The molecule has 3 nitrogen and oxygen atoms in total. The van der Waals surface area contributed by atoms with Crippen molar-refractivity contribution in [3.8, 4) is 0 Å². The second-order valence-corrected chi connectivity index (χ2v) is 4.63. The Bertz CT molecular complexity index is 329. The van der Waals surface area contributed by atoms with Gasteiger partial charge in [-0.3, -0.25) is 0 Å². The fraction of sp³-hybridized carbons (Fsp3) is 0.636. The average molecular weight is 226 g/mol. The minimum atomic E-state index is 0.496. The highest BCUT2D eigenvalue weighted by molar-refractivity contribution is 6.29. The molecular weight excluding hydrogens is 210 g/mol. The molecule has 2 rings (SSSR count). The van der Waals surface area contributed by atoms with Crippen LogP contribution in [0.25, 0.3) is 0 Å². The summed E-state index contributed by atoms with van der Waals surface area (Å²) in [6.07, 6.45) is 6.68. The molecule has 4 heteroatoms. The molecule has 1 saturated carbocycles. The predicted molar refractivity (Wildman–Crippen MR) is 62.1 cm³/mol. The summed E-state index contributed by atoms with van der Waals surface area (Å²) >= 11 is 5.81. The van der Waals surface area contributed by atoms with E-state index < -0.39 is 0 Å². The van der Waals surface area contributed by atoms with Gasteiger partial charge in [0.15, 0.2) is 0 Å². The zero-order chi connectivity index (χ0) is 10.7. The molecule has 1 aromatic heterocycles. The summed E-state index contributed by atoms with van der Waals surface area (Å²) in [6, 6.07) is 2.31. The molecule has 15 heavy (non-hydrogen) atoms. The molecule has 2 atom stereocenters. The van der Waals surface area contributed by atoms with Gasteiger partial charge >= 0.3 is 0 Å². The maximum Gasteiger partial charge on any atom is 0.134 e. The number of aromatic nitrogens is 2.